The molecule has 0 bridgehead atoms. The predicted molar refractivity (Wildman–Crippen MR) is 50.3 cm³/mol. The lowest BCUT2D eigenvalue weighted by Gasteiger charge is -2.05. The van der Waals surface area contributed by atoms with Crippen molar-refractivity contribution in [1.82, 2.24) is 5.32 Å². The molecule has 0 saturated carbocycles. The van der Waals surface area contributed by atoms with Gasteiger partial charge in [0.15, 0.2) is 0 Å². The van der Waals surface area contributed by atoms with Gasteiger partial charge in [-0.05, 0) is 13.0 Å². The van der Waals surface area contributed by atoms with E-state index in [0.717, 1.165) is 19.2 Å². The minimum atomic E-state index is -2.99. The van der Waals surface area contributed by atoms with Crippen molar-refractivity contribution in [2.75, 3.05) is 25.1 Å². The van der Waals surface area contributed by atoms with Crippen LogP contribution in [0.5, 0.6) is 0 Å². The number of Topliss-reactive ketones (excluding diaryl/α,β-unsaturated/α-hetero) is 1. The van der Waals surface area contributed by atoms with Gasteiger partial charge in [0.2, 0.25) is 0 Å². The smallest absolute Gasteiger partial charge is 0.147 e. The van der Waals surface area contributed by atoms with Crippen molar-refractivity contribution < 1.29 is 13.2 Å². The van der Waals surface area contributed by atoms with Crippen LogP contribution in [0.25, 0.3) is 0 Å². The van der Waals surface area contributed by atoms with E-state index in [1.54, 1.807) is 0 Å². The Morgan fingerprint density at radius 2 is 2.23 bits per heavy atom. The van der Waals surface area contributed by atoms with Crippen LogP contribution in [0.3, 0.4) is 0 Å². The average Bonchev–Trinajstić information content (AvgIpc) is 2.50. The fourth-order valence-corrected chi connectivity index (χ4v) is 1.99. The fraction of sp³-hybridized carbons (Fsp3) is 0.875. The molecule has 0 aromatic heterocycles. The Labute approximate surface area is 78.6 Å². The SMILES string of the molecule is CS(=O)(=O)CCC(=O)C1CCNC1. The van der Waals surface area contributed by atoms with Crippen molar-refractivity contribution in [3.05, 3.63) is 0 Å². The lowest BCUT2D eigenvalue weighted by atomic mass is 10.0. The molecule has 5 heteroatoms. The number of carbonyl (C=O) groups excluding carboxylic acids is 1. The zero-order chi connectivity index (χ0) is 9.90. The van der Waals surface area contributed by atoms with Gasteiger partial charge in [-0.2, -0.15) is 0 Å². The molecule has 0 aliphatic carbocycles. The maximum atomic E-state index is 11.4. The molecule has 1 N–H and O–H groups in total. The minimum Gasteiger partial charge on any atom is -0.316 e. The molecule has 4 nitrogen and oxygen atoms in total. The van der Waals surface area contributed by atoms with E-state index in [1.807, 2.05) is 0 Å². The van der Waals surface area contributed by atoms with Crippen LogP contribution < -0.4 is 5.32 Å². The van der Waals surface area contributed by atoms with Gasteiger partial charge in [-0.25, -0.2) is 8.42 Å². The van der Waals surface area contributed by atoms with Crippen LogP contribution in [0.15, 0.2) is 0 Å². The molecule has 1 unspecified atom stereocenters. The van der Waals surface area contributed by atoms with Crippen molar-refractivity contribution in [2.24, 2.45) is 5.92 Å². The number of hydrogen-bond acceptors (Lipinski definition) is 4. The molecule has 1 fully saturated rings. The van der Waals surface area contributed by atoms with E-state index in [4.69, 9.17) is 0 Å². The maximum absolute atomic E-state index is 11.4. The van der Waals surface area contributed by atoms with E-state index < -0.39 is 9.84 Å². The molecule has 76 valence electrons. The van der Waals surface area contributed by atoms with Gasteiger partial charge in [0.05, 0.1) is 5.75 Å². The molecule has 0 amide bonds. The lowest BCUT2D eigenvalue weighted by molar-refractivity contribution is -0.121. The summed E-state index contributed by atoms with van der Waals surface area (Å²) >= 11 is 0. The van der Waals surface area contributed by atoms with E-state index in [9.17, 15) is 13.2 Å². The first-order chi connectivity index (χ1) is 5.99. The van der Waals surface area contributed by atoms with E-state index >= 15 is 0 Å². The number of carbonyl (C=O) groups is 1. The molecule has 1 rings (SSSR count). The summed E-state index contributed by atoms with van der Waals surface area (Å²) in [5.74, 6) is 0.111. The zero-order valence-corrected chi connectivity index (χ0v) is 8.56. The molecule has 1 atom stereocenters. The third kappa shape index (κ3) is 3.87. The number of hydrogen-bond donors (Lipinski definition) is 1. The topological polar surface area (TPSA) is 63.2 Å². The van der Waals surface area contributed by atoms with Crippen LogP contribution in [0.4, 0.5) is 0 Å². The summed E-state index contributed by atoms with van der Waals surface area (Å²) in [6.07, 6.45) is 2.18. The predicted octanol–water partition coefficient (Wildman–Crippen LogP) is -0.400. The molecule has 0 radical (unpaired) electrons. The molecule has 1 aliphatic heterocycles. The summed E-state index contributed by atoms with van der Waals surface area (Å²) in [7, 11) is -2.99. The second-order valence-electron chi connectivity index (χ2n) is 3.54. The van der Waals surface area contributed by atoms with Crippen molar-refractivity contribution in [3.8, 4) is 0 Å². The highest BCUT2D eigenvalue weighted by Gasteiger charge is 2.22. The third-order valence-electron chi connectivity index (χ3n) is 2.23. The molecule has 13 heavy (non-hydrogen) atoms. The van der Waals surface area contributed by atoms with Crippen molar-refractivity contribution >= 4 is 15.6 Å². The number of ketones is 1. The maximum Gasteiger partial charge on any atom is 0.147 e. The van der Waals surface area contributed by atoms with Gasteiger partial charge in [0, 0.05) is 25.1 Å². The quantitative estimate of drug-likeness (QED) is 0.678. The average molecular weight is 205 g/mol. The van der Waals surface area contributed by atoms with Crippen molar-refractivity contribution in [1.29, 1.82) is 0 Å². The first-order valence-corrected chi connectivity index (χ1v) is 6.46. The monoisotopic (exact) mass is 205 g/mol. The Morgan fingerprint density at radius 3 is 2.69 bits per heavy atom. The molecule has 0 aromatic rings. The van der Waals surface area contributed by atoms with Crippen molar-refractivity contribution in [3.63, 3.8) is 0 Å². The van der Waals surface area contributed by atoms with Crippen LogP contribution in [0, 0.1) is 5.92 Å². The number of rotatable bonds is 4. The van der Waals surface area contributed by atoms with E-state index in [-0.39, 0.29) is 23.9 Å². The van der Waals surface area contributed by atoms with E-state index in [2.05, 4.69) is 5.32 Å². The van der Waals surface area contributed by atoms with E-state index in [0.29, 0.717) is 6.54 Å². The van der Waals surface area contributed by atoms with Crippen LogP contribution in [0.2, 0.25) is 0 Å². The molecular weight excluding hydrogens is 190 g/mol. The Balaban J connectivity index is 2.33. The highest BCUT2D eigenvalue weighted by molar-refractivity contribution is 7.90. The Bertz CT molecular complexity index is 278. The summed E-state index contributed by atoms with van der Waals surface area (Å²) in [6.45, 7) is 1.58. The van der Waals surface area contributed by atoms with Crippen LogP contribution >= 0.6 is 0 Å². The second kappa shape index (κ2) is 4.19. The standard InChI is InChI=1S/C8H15NO3S/c1-13(11,12)5-3-8(10)7-2-4-9-6-7/h7,9H,2-6H2,1H3. The van der Waals surface area contributed by atoms with Crippen LogP contribution in [-0.4, -0.2) is 39.3 Å². The summed E-state index contributed by atoms with van der Waals surface area (Å²) < 4.78 is 21.6. The third-order valence-corrected chi connectivity index (χ3v) is 3.18. The molecule has 1 aliphatic rings. The van der Waals surface area contributed by atoms with Gasteiger partial charge in [0.1, 0.15) is 15.6 Å². The summed E-state index contributed by atoms with van der Waals surface area (Å²) in [5, 5.41) is 3.08. The molecule has 0 aromatic carbocycles. The largest absolute Gasteiger partial charge is 0.316 e. The van der Waals surface area contributed by atoms with E-state index in [1.165, 1.54) is 0 Å². The summed E-state index contributed by atoms with van der Waals surface area (Å²) in [6, 6.07) is 0. The number of nitrogens with one attached hydrogen (secondary N) is 1. The number of sulfone groups is 1. The van der Waals surface area contributed by atoms with Gasteiger partial charge in [0.25, 0.3) is 0 Å². The van der Waals surface area contributed by atoms with Gasteiger partial charge in [-0.3, -0.25) is 4.79 Å². The highest BCUT2D eigenvalue weighted by atomic mass is 32.2. The van der Waals surface area contributed by atoms with Gasteiger partial charge in [-0.15, -0.1) is 0 Å². The zero-order valence-electron chi connectivity index (χ0n) is 7.75. The second-order valence-corrected chi connectivity index (χ2v) is 5.80. The minimum absolute atomic E-state index is 0.0116. The molecular formula is C8H15NO3S. The molecule has 1 saturated heterocycles. The Kier molecular flexibility index (Phi) is 3.44. The molecule has 1 heterocycles. The normalized spacial score (nSPS) is 23.3. The van der Waals surface area contributed by atoms with Gasteiger partial charge < -0.3 is 5.32 Å². The first kappa shape index (κ1) is 10.7. The van der Waals surface area contributed by atoms with Crippen LogP contribution in [-0.2, 0) is 14.6 Å². The first-order valence-electron chi connectivity index (χ1n) is 4.40. The van der Waals surface area contributed by atoms with Gasteiger partial charge >= 0.3 is 0 Å². The summed E-state index contributed by atoms with van der Waals surface area (Å²) in [5.41, 5.74) is 0. The lowest BCUT2D eigenvalue weighted by Crippen LogP contribution is -2.20. The van der Waals surface area contributed by atoms with Gasteiger partial charge in [-0.1, -0.05) is 0 Å². The summed E-state index contributed by atoms with van der Waals surface area (Å²) in [4.78, 5) is 11.4. The Morgan fingerprint density at radius 1 is 1.54 bits per heavy atom. The highest BCUT2D eigenvalue weighted by Crippen LogP contribution is 2.11. The fourth-order valence-electron chi connectivity index (χ4n) is 1.42. The molecule has 0 spiro atoms. The van der Waals surface area contributed by atoms with Crippen molar-refractivity contribution in [2.45, 2.75) is 12.8 Å². The Hall–Kier alpha value is -0.420. The van der Waals surface area contributed by atoms with Crippen LogP contribution in [0.1, 0.15) is 12.8 Å².